The molecule has 1 aromatic heterocycles. The van der Waals surface area contributed by atoms with Crippen molar-refractivity contribution in [2.45, 2.75) is 172 Å². The number of Topliss-reactive ketones (excluding diaryl/α,β-unsaturated/α-hetero) is 2. The minimum Gasteiger partial charge on any atom is -0.484 e. The van der Waals surface area contributed by atoms with Crippen LogP contribution in [-0.4, -0.2) is 178 Å². The molecule has 7 rings (SSSR count). The summed E-state index contributed by atoms with van der Waals surface area (Å²) >= 11 is 7.67. The quantitative estimate of drug-likeness (QED) is 0.0202. The number of aliphatic hydroxyl groups excluding tert-OH is 2. The maximum atomic E-state index is 14.7. The first-order chi connectivity index (χ1) is 45.1. The number of cyclic esters (lactones) is 1. The maximum Gasteiger partial charge on any atom is 0.434 e. The molecule has 1 aliphatic carbocycles. The number of aromatic nitrogens is 2. The molecule has 2 saturated heterocycles. The fourth-order valence-electron chi connectivity index (χ4n) is 13.1. The monoisotopic (exact) mass is 1370 g/mol. The largest absolute Gasteiger partial charge is 0.484 e. The van der Waals surface area contributed by atoms with Crippen LogP contribution in [0.15, 0.2) is 84.6 Å². The van der Waals surface area contributed by atoms with Crippen LogP contribution in [0.2, 0.25) is 5.02 Å². The summed E-state index contributed by atoms with van der Waals surface area (Å²) in [6.07, 6.45) is -0.819. The van der Waals surface area contributed by atoms with Crippen molar-refractivity contribution >= 4 is 75.9 Å². The standard InChI is InChI=1S/C68H90ClF3N6O16S/c1-10-58(82)75-46-32-45(69)33-47(34-46)76-64(85)50-36-74-78(62(50)68(70,71)72)48-17-19-49(20-18-48)92-37-59(83)73-22-25-95-24-13-14-44-27-38(2)26-39(3)28-56(90-8)61-57(91-9)30-41(5)67(88,94-61)63(84)65(86)77-23-12-11-15-51(77)66(87)93-60(42(6)53(80)35-54(44)81)40(4)29-43-16-21-52(79)55(31-43)89-7/h10,17-20,27,29,32-34,36,39,41-44,51-53,55-57,60-61,79-80,88H,1,11-16,21-26,28,30-31,35,37H2,2-9H3,(H,73,83)(H,75,82)(H,76,85)/b38-27+,40-29+/t39-,41+,42+,43-,44+,51-,52+,53-,55+,56-,57-,60+,61+,67+/m0/s1. The van der Waals surface area contributed by atoms with E-state index in [1.54, 1.807) is 32.5 Å². The number of hydrogen-bond acceptors (Lipinski definition) is 18. The van der Waals surface area contributed by atoms with Gasteiger partial charge < -0.3 is 64.6 Å². The summed E-state index contributed by atoms with van der Waals surface area (Å²) in [6, 6.07) is 8.00. The van der Waals surface area contributed by atoms with Crippen molar-refractivity contribution in [3.05, 3.63) is 101 Å². The number of ketones is 2. The molecular formula is C68H90ClF3N6O16S. The molecule has 95 heavy (non-hydrogen) atoms. The van der Waals surface area contributed by atoms with Gasteiger partial charge in [0.2, 0.25) is 11.7 Å². The van der Waals surface area contributed by atoms with Crippen LogP contribution in [0, 0.1) is 29.6 Å². The number of allylic oxidation sites excluding steroid dienone is 3. The molecule has 0 radical (unpaired) electrons. The number of halogens is 4. The lowest BCUT2D eigenvalue weighted by atomic mass is 9.81. The maximum absolute atomic E-state index is 14.7. The average molecular weight is 1370 g/mol. The van der Waals surface area contributed by atoms with Crippen molar-refractivity contribution in [2.75, 3.05) is 63.2 Å². The van der Waals surface area contributed by atoms with Gasteiger partial charge >= 0.3 is 12.1 Å². The molecular weight excluding hydrogens is 1280 g/mol. The smallest absolute Gasteiger partial charge is 0.434 e. The lowest BCUT2D eigenvalue weighted by Gasteiger charge is -2.47. The van der Waals surface area contributed by atoms with Crippen molar-refractivity contribution in [1.82, 2.24) is 20.0 Å². The molecule has 27 heteroatoms. The predicted molar refractivity (Wildman–Crippen MR) is 350 cm³/mol. The Morgan fingerprint density at radius 2 is 1.58 bits per heavy atom. The van der Waals surface area contributed by atoms with E-state index in [1.165, 1.54) is 63.8 Å². The number of amides is 4. The van der Waals surface area contributed by atoms with E-state index < -0.39 is 132 Å². The van der Waals surface area contributed by atoms with Gasteiger partial charge in [-0.25, -0.2) is 9.48 Å². The van der Waals surface area contributed by atoms with Crippen molar-refractivity contribution in [1.29, 1.82) is 0 Å². The second kappa shape index (κ2) is 34.6. The summed E-state index contributed by atoms with van der Waals surface area (Å²) in [7, 11) is 4.52. The van der Waals surface area contributed by atoms with Crippen molar-refractivity contribution in [3.8, 4) is 11.4 Å². The number of piperidine rings is 1. The van der Waals surface area contributed by atoms with E-state index in [9.17, 15) is 62.1 Å². The number of rotatable bonds is 20. The summed E-state index contributed by atoms with van der Waals surface area (Å²) < 4.78 is 80.0. The zero-order valence-corrected chi connectivity index (χ0v) is 56.6. The second-order valence-corrected chi connectivity index (χ2v) is 27.0. The SMILES string of the molecule is C=CC(=O)Nc1cc(Cl)cc(NC(=O)c2cnn(-c3ccc(OCC(=O)NCCSCCC[C@@H]4/C=C(\C)C[C@H](C)C[C@H](OC)[C@H]5O[C@@](O)(C(=O)C(=O)N6CCCC[C@H]6C(=O)O[C@H](/C(C)=C/[C@@H]6CC[C@@H](O)[C@H](OC)C6)[C@H](C)[C@@H](O)CC4=O)[C@H](C)C[C@@H]5OC)cc3)c2C(F)(F)F)c1. The van der Waals surface area contributed by atoms with E-state index in [1.807, 2.05) is 26.0 Å². The van der Waals surface area contributed by atoms with Crippen LogP contribution in [-0.2, 0) is 58.6 Å². The third kappa shape index (κ3) is 20.1. The molecule has 3 aromatic rings. The molecule has 4 amide bonds. The molecule has 2 aromatic carbocycles. The number of hydrogen-bond donors (Lipinski definition) is 6. The van der Waals surface area contributed by atoms with Crippen molar-refractivity contribution in [3.63, 3.8) is 0 Å². The van der Waals surface area contributed by atoms with Gasteiger partial charge in [0.1, 0.15) is 29.8 Å². The highest BCUT2D eigenvalue weighted by Gasteiger charge is 2.57. The first kappa shape index (κ1) is 75.9. The van der Waals surface area contributed by atoms with Crippen LogP contribution in [0.4, 0.5) is 24.5 Å². The number of benzene rings is 2. The molecule has 0 spiro atoms. The molecule has 1 saturated carbocycles. The summed E-state index contributed by atoms with van der Waals surface area (Å²) in [5.74, 6) is -9.49. The molecule has 4 aliphatic rings. The Hall–Kier alpha value is -6.49. The number of carbonyl (C=O) groups excluding carboxylic acids is 7. The highest BCUT2D eigenvalue weighted by Crippen LogP contribution is 2.41. The van der Waals surface area contributed by atoms with Crippen molar-refractivity contribution in [2.24, 2.45) is 29.6 Å². The van der Waals surface area contributed by atoms with Crippen LogP contribution in [0.25, 0.3) is 5.69 Å². The van der Waals surface area contributed by atoms with E-state index in [0.29, 0.717) is 79.5 Å². The number of alkyl halides is 3. The third-order valence-electron chi connectivity index (χ3n) is 18.2. The lowest BCUT2D eigenvalue weighted by molar-refractivity contribution is -0.302. The molecule has 3 aliphatic heterocycles. The normalized spacial score (nSPS) is 29.2. The van der Waals surface area contributed by atoms with Crippen LogP contribution >= 0.6 is 23.4 Å². The van der Waals surface area contributed by atoms with Crippen LogP contribution in [0.3, 0.4) is 0 Å². The summed E-state index contributed by atoms with van der Waals surface area (Å²) in [5.41, 5.74) is -0.591. The van der Waals surface area contributed by atoms with Gasteiger partial charge in [-0.2, -0.15) is 30.0 Å². The Balaban J connectivity index is 1.00. The number of nitrogens with one attached hydrogen (secondary N) is 3. The van der Waals surface area contributed by atoms with E-state index >= 15 is 0 Å². The van der Waals surface area contributed by atoms with Gasteiger partial charge in [0.15, 0.2) is 12.3 Å². The topological polar surface area (TPSA) is 293 Å². The van der Waals surface area contributed by atoms with Crippen LogP contribution in [0.5, 0.6) is 5.75 Å². The van der Waals surface area contributed by atoms with Gasteiger partial charge in [-0.05, 0) is 156 Å². The first-order valence-corrected chi connectivity index (χ1v) is 33.7. The number of anilines is 2. The summed E-state index contributed by atoms with van der Waals surface area (Å²) in [4.78, 5) is 97.3. The number of ether oxygens (including phenoxy) is 6. The molecule has 2 bridgehead atoms. The lowest BCUT2D eigenvalue weighted by Crippen LogP contribution is -2.64. The van der Waals surface area contributed by atoms with Gasteiger partial charge in [-0.1, -0.05) is 56.7 Å². The average Bonchev–Trinajstić information content (AvgIpc) is 0.969. The number of carbonyl (C=O) groups is 7. The number of esters is 1. The minimum atomic E-state index is -5.04. The molecule has 4 heterocycles. The van der Waals surface area contributed by atoms with Crippen molar-refractivity contribution < 1.29 is 90.5 Å². The van der Waals surface area contributed by atoms with Crippen LogP contribution < -0.4 is 20.7 Å². The molecule has 522 valence electrons. The zero-order valence-electron chi connectivity index (χ0n) is 55.0. The Morgan fingerprint density at radius 1 is 0.895 bits per heavy atom. The highest BCUT2D eigenvalue weighted by atomic mass is 35.5. The van der Waals surface area contributed by atoms with Gasteiger partial charge in [0.25, 0.3) is 23.5 Å². The number of fused-ring (bicyclic) bond motifs is 3. The van der Waals surface area contributed by atoms with Gasteiger partial charge in [-0.15, -0.1) is 0 Å². The Labute approximate surface area is 561 Å². The van der Waals surface area contributed by atoms with E-state index in [4.69, 9.17) is 40.0 Å². The molecule has 3 fully saturated rings. The molecule has 14 atom stereocenters. The van der Waals surface area contributed by atoms with Crippen LogP contribution in [0.1, 0.15) is 128 Å². The van der Waals surface area contributed by atoms with E-state index in [-0.39, 0.29) is 77.8 Å². The summed E-state index contributed by atoms with van der Waals surface area (Å²) in [6.45, 7) is 12.2. The van der Waals surface area contributed by atoms with Gasteiger partial charge in [0, 0.05) is 80.7 Å². The zero-order chi connectivity index (χ0) is 69.5. The predicted octanol–water partition coefficient (Wildman–Crippen LogP) is 9.01. The second-order valence-electron chi connectivity index (χ2n) is 25.3. The molecule has 6 N–H and O–H groups in total. The summed E-state index contributed by atoms with van der Waals surface area (Å²) in [5, 5.41) is 46.5. The number of methoxy groups -OCH3 is 3. The fourth-order valence-corrected chi connectivity index (χ4v) is 14.1. The highest BCUT2D eigenvalue weighted by molar-refractivity contribution is 7.99. The van der Waals surface area contributed by atoms with Gasteiger partial charge in [-0.3, -0.25) is 28.8 Å². The number of nitrogens with zero attached hydrogens (tertiary/aromatic N) is 3. The van der Waals surface area contributed by atoms with E-state index in [0.717, 1.165) is 22.7 Å². The fraction of sp³-hybridized carbons (Fsp3) is 0.588. The third-order valence-corrected chi connectivity index (χ3v) is 19.5. The first-order valence-electron chi connectivity index (χ1n) is 32.2. The Kier molecular flexibility index (Phi) is 27.7. The number of thioether (sulfide) groups is 1. The Morgan fingerprint density at radius 3 is 2.25 bits per heavy atom. The Bertz CT molecular complexity index is 3260. The molecule has 0 unspecified atom stereocenters. The van der Waals surface area contributed by atoms with Gasteiger partial charge in [0.05, 0.1) is 48.0 Å². The number of aliphatic hydroxyl groups is 3. The minimum absolute atomic E-state index is 0.00106. The molecule has 22 nitrogen and oxygen atoms in total. The van der Waals surface area contributed by atoms with E-state index in [2.05, 4.69) is 27.6 Å².